The highest BCUT2D eigenvalue weighted by Crippen LogP contribution is 2.29. The fraction of sp³-hybridized carbons (Fsp3) is 0.154. The van der Waals surface area contributed by atoms with E-state index in [-0.39, 0.29) is 16.9 Å². The molecule has 0 saturated heterocycles. The van der Waals surface area contributed by atoms with Gasteiger partial charge in [-0.1, -0.05) is 36.0 Å². The van der Waals surface area contributed by atoms with Crippen molar-refractivity contribution < 1.29 is 13.6 Å². The van der Waals surface area contributed by atoms with Gasteiger partial charge in [0.25, 0.3) is 5.56 Å². The predicted octanol–water partition coefficient (Wildman–Crippen LogP) is 5.29. The van der Waals surface area contributed by atoms with E-state index in [9.17, 15) is 18.4 Å². The third-order valence-electron chi connectivity index (χ3n) is 6.07. The van der Waals surface area contributed by atoms with Gasteiger partial charge in [0.1, 0.15) is 0 Å². The summed E-state index contributed by atoms with van der Waals surface area (Å²) in [6.45, 7) is 5.58. The molecule has 0 bridgehead atoms. The Balaban J connectivity index is 1.67. The van der Waals surface area contributed by atoms with Crippen LogP contribution in [0, 0.1) is 25.5 Å². The van der Waals surface area contributed by atoms with Crippen LogP contribution in [0.25, 0.3) is 22.4 Å². The zero-order valence-corrected chi connectivity index (χ0v) is 19.9. The van der Waals surface area contributed by atoms with Gasteiger partial charge in [-0.2, -0.15) is 0 Å². The third-order valence-corrected chi connectivity index (χ3v) is 7.11. The van der Waals surface area contributed by atoms with Crippen LogP contribution in [0.5, 0.6) is 0 Å². The molecule has 5 rings (SSSR count). The summed E-state index contributed by atoms with van der Waals surface area (Å²) >= 11 is 1.13. The van der Waals surface area contributed by atoms with Crippen molar-refractivity contribution in [2.45, 2.75) is 31.2 Å². The average Bonchev–Trinajstić information content (AvgIpc) is 3.26. The van der Waals surface area contributed by atoms with Gasteiger partial charge in [0.15, 0.2) is 22.6 Å². The fourth-order valence-electron chi connectivity index (χ4n) is 4.05. The number of aryl methyl sites for hydroxylation is 1. The minimum Gasteiger partial charge on any atom is -0.293 e. The van der Waals surface area contributed by atoms with Gasteiger partial charge in [0.2, 0.25) is 5.78 Å². The summed E-state index contributed by atoms with van der Waals surface area (Å²) in [6.07, 6.45) is 0. The molecule has 0 saturated carbocycles. The van der Waals surface area contributed by atoms with Crippen molar-refractivity contribution in [1.82, 2.24) is 19.2 Å². The summed E-state index contributed by atoms with van der Waals surface area (Å²) in [5.74, 6) is -2.15. The summed E-state index contributed by atoms with van der Waals surface area (Å²) in [6, 6.07) is 15.9. The zero-order valence-electron chi connectivity index (χ0n) is 19.1. The van der Waals surface area contributed by atoms with Crippen molar-refractivity contribution in [3.63, 3.8) is 0 Å². The molecule has 0 fully saturated rings. The number of rotatable bonds is 5. The maximum Gasteiger partial charge on any atom is 0.267 e. The minimum absolute atomic E-state index is 0.0647. The maximum atomic E-state index is 13.7. The number of hydrogen-bond donors (Lipinski definition) is 0. The van der Waals surface area contributed by atoms with Gasteiger partial charge >= 0.3 is 0 Å². The quantitative estimate of drug-likeness (QED) is 0.247. The Morgan fingerprint density at radius 1 is 0.971 bits per heavy atom. The van der Waals surface area contributed by atoms with E-state index >= 15 is 0 Å². The minimum atomic E-state index is -1.08. The molecule has 0 spiro atoms. The lowest BCUT2D eigenvalue weighted by atomic mass is 10.1. The lowest BCUT2D eigenvalue weighted by Gasteiger charge is -2.15. The van der Waals surface area contributed by atoms with E-state index in [0.717, 1.165) is 35.0 Å². The zero-order chi connectivity index (χ0) is 24.9. The van der Waals surface area contributed by atoms with E-state index in [1.165, 1.54) is 10.6 Å². The maximum absolute atomic E-state index is 13.7. The van der Waals surface area contributed by atoms with Crippen molar-refractivity contribution in [1.29, 1.82) is 0 Å². The molecule has 5 aromatic rings. The van der Waals surface area contributed by atoms with Gasteiger partial charge in [-0.05, 0) is 68.3 Å². The van der Waals surface area contributed by atoms with Gasteiger partial charge < -0.3 is 0 Å². The summed E-state index contributed by atoms with van der Waals surface area (Å²) < 4.78 is 30.3. The summed E-state index contributed by atoms with van der Waals surface area (Å²) in [5, 5.41) is 8.83. The van der Waals surface area contributed by atoms with Gasteiger partial charge in [-0.15, -0.1) is 10.2 Å². The van der Waals surface area contributed by atoms with E-state index < -0.39 is 16.9 Å². The van der Waals surface area contributed by atoms with Gasteiger partial charge in [-0.25, -0.2) is 13.3 Å². The van der Waals surface area contributed by atoms with Crippen LogP contribution in [0.4, 0.5) is 8.78 Å². The third kappa shape index (κ3) is 3.81. The number of carbonyl (C=O) groups excluding carboxylic acids is 1. The molecule has 0 aliphatic carbocycles. The van der Waals surface area contributed by atoms with E-state index in [2.05, 4.69) is 10.2 Å². The number of aromatic nitrogens is 4. The summed E-state index contributed by atoms with van der Waals surface area (Å²) in [7, 11) is 0. The average molecular weight is 491 g/mol. The fourth-order valence-corrected chi connectivity index (χ4v) is 4.98. The molecule has 6 nitrogen and oxygen atoms in total. The molecular weight excluding hydrogens is 470 g/mol. The molecule has 176 valence electrons. The largest absolute Gasteiger partial charge is 0.293 e. The van der Waals surface area contributed by atoms with E-state index in [0.29, 0.717) is 27.5 Å². The number of hydrogen-bond acceptors (Lipinski definition) is 5. The van der Waals surface area contributed by atoms with Crippen LogP contribution in [0.1, 0.15) is 28.4 Å². The Morgan fingerprint density at radius 2 is 1.74 bits per heavy atom. The van der Waals surface area contributed by atoms with Crippen LogP contribution in [0.2, 0.25) is 0 Å². The number of halogens is 2. The first-order valence-electron chi connectivity index (χ1n) is 10.9. The van der Waals surface area contributed by atoms with Crippen LogP contribution in [0.15, 0.2) is 70.6 Å². The number of carbonyl (C=O) groups is 1. The van der Waals surface area contributed by atoms with Crippen molar-refractivity contribution in [3.8, 4) is 5.69 Å². The number of benzene rings is 3. The normalized spacial score (nSPS) is 12.4. The topological polar surface area (TPSA) is 69.3 Å². The van der Waals surface area contributed by atoms with Gasteiger partial charge in [0.05, 0.1) is 21.8 Å². The van der Waals surface area contributed by atoms with Crippen molar-refractivity contribution >= 4 is 34.2 Å². The lowest BCUT2D eigenvalue weighted by Crippen LogP contribution is -2.23. The number of thioether (sulfide) groups is 1. The van der Waals surface area contributed by atoms with Crippen LogP contribution in [0.3, 0.4) is 0 Å². The Kier molecular flexibility index (Phi) is 5.72. The first-order valence-corrected chi connectivity index (χ1v) is 11.8. The van der Waals surface area contributed by atoms with E-state index in [1.54, 1.807) is 29.5 Å². The molecule has 9 heteroatoms. The van der Waals surface area contributed by atoms with Crippen molar-refractivity contribution in [3.05, 3.63) is 99.3 Å². The lowest BCUT2D eigenvalue weighted by molar-refractivity contribution is 0.0993. The second-order valence-electron chi connectivity index (χ2n) is 8.25. The number of ketones is 1. The van der Waals surface area contributed by atoms with Crippen LogP contribution < -0.4 is 5.56 Å². The number of para-hydroxylation sites is 1. The molecule has 1 atom stereocenters. The van der Waals surface area contributed by atoms with Crippen molar-refractivity contribution in [2.24, 2.45) is 0 Å². The smallest absolute Gasteiger partial charge is 0.267 e. The number of fused-ring (bicyclic) bond motifs is 3. The van der Waals surface area contributed by atoms with Gasteiger partial charge in [0, 0.05) is 5.56 Å². The highest BCUT2D eigenvalue weighted by Gasteiger charge is 2.24. The van der Waals surface area contributed by atoms with Crippen LogP contribution in [-0.4, -0.2) is 30.2 Å². The molecule has 0 aliphatic heterocycles. The molecule has 2 heterocycles. The van der Waals surface area contributed by atoms with Crippen LogP contribution >= 0.6 is 11.8 Å². The second-order valence-corrected chi connectivity index (χ2v) is 9.56. The Bertz CT molecular complexity index is 1690. The Labute approximate surface area is 203 Å². The van der Waals surface area contributed by atoms with Gasteiger partial charge in [-0.3, -0.25) is 14.0 Å². The van der Waals surface area contributed by atoms with E-state index in [4.69, 9.17) is 0 Å². The molecule has 1 unspecified atom stereocenters. The molecule has 3 aromatic carbocycles. The predicted molar refractivity (Wildman–Crippen MR) is 132 cm³/mol. The molecule has 0 aliphatic rings. The number of nitrogens with zero attached hydrogens (tertiary/aromatic N) is 4. The summed E-state index contributed by atoms with van der Waals surface area (Å²) in [5.41, 5.74) is 3.10. The number of Topliss-reactive ketones (excluding diaryl/α,β-unsaturated/α-hetero) is 1. The molecule has 2 aromatic heterocycles. The standard InChI is InChI=1S/C26H20F2N4O2S/c1-14-7-6-10-21(15(14)2)31-24(34)18-8-4-5-9-22(18)32-25(31)29-30-26(32)35-16(3)23(33)17-11-12-19(27)20(28)13-17/h4-13,16H,1-3H3. The molecular formula is C26H20F2N4O2S. The van der Waals surface area contributed by atoms with E-state index in [1.807, 2.05) is 38.1 Å². The first-order chi connectivity index (χ1) is 16.8. The highest BCUT2D eigenvalue weighted by molar-refractivity contribution is 8.00. The molecule has 35 heavy (non-hydrogen) atoms. The monoisotopic (exact) mass is 490 g/mol. The molecule has 0 N–H and O–H groups in total. The molecule has 0 radical (unpaired) electrons. The molecule has 0 amide bonds. The first kappa shape index (κ1) is 22.9. The summed E-state index contributed by atoms with van der Waals surface area (Å²) in [4.78, 5) is 26.5. The Morgan fingerprint density at radius 3 is 2.51 bits per heavy atom. The second kappa shape index (κ2) is 8.74. The highest BCUT2D eigenvalue weighted by atomic mass is 32.2. The van der Waals surface area contributed by atoms with Crippen molar-refractivity contribution in [2.75, 3.05) is 0 Å². The Hall–Kier alpha value is -3.85. The SMILES string of the molecule is Cc1cccc(-n2c(=O)c3ccccc3n3c(SC(C)C(=O)c4ccc(F)c(F)c4)nnc23)c1C. The van der Waals surface area contributed by atoms with Crippen LogP contribution in [-0.2, 0) is 0 Å².